The Hall–Kier alpha value is -2.17. The predicted octanol–water partition coefficient (Wildman–Crippen LogP) is 2.98. The second kappa shape index (κ2) is 8.06. The maximum absolute atomic E-state index is 12.0. The van der Waals surface area contributed by atoms with Crippen molar-refractivity contribution in [3.63, 3.8) is 0 Å². The molecule has 1 aliphatic heterocycles. The zero-order valence-electron chi connectivity index (χ0n) is 15.9. The average Bonchev–Trinajstić information content (AvgIpc) is 3.42. The van der Waals surface area contributed by atoms with Crippen molar-refractivity contribution in [2.45, 2.75) is 26.3 Å². The maximum atomic E-state index is 12.0. The van der Waals surface area contributed by atoms with Crippen LogP contribution in [0.25, 0.3) is 4.96 Å². The molecule has 0 radical (unpaired) electrons. The van der Waals surface area contributed by atoms with Gasteiger partial charge in [-0.1, -0.05) is 24.3 Å². The van der Waals surface area contributed by atoms with Crippen LogP contribution >= 0.6 is 22.7 Å². The monoisotopic (exact) mass is 421 g/mol. The van der Waals surface area contributed by atoms with Gasteiger partial charge in [-0.15, -0.1) is 16.4 Å². The van der Waals surface area contributed by atoms with Gasteiger partial charge in [0.25, 0.3) is 0 Å². The van der Waals surface area contributed by atoms with Gasteiger partial charge in [0.15, 0.2) is 5.82 Å². The molecule has 1 aliphatic rings. The van der Waals surface area contributed by atoms with E-state index in [4.69, 9.17) is 4.74 Å². The van der Waals surface area contributed by atoms with Crippen molar-refractivity contribution < 1.29 is 14.6 Å². The first kappa shape index (κ1) is 19.2. The van der Waals surface area contributed by atoms with Gasteiger partial charge in [-0.05, 0) is 18.4 Å². The van der Waals surface area contributed by atoms with Crippen LogP contribution in [0.15, 0.2) is 17.5 Å². The van der Waals surface area contributed by atoms with E-state index in [-0.39, 0.29) is 18.0 Å². The lowest BCUT2D eigenvalue weighted by Gasteiger charge is -2.38. The van der Waals surface area contributed by atoms with Gasteiger partial charge in [0.05, 0.1) is 17.5 Å². The van der Waals surface area contributed by atoms with E-state index in [1.165, 1.54) is 15.9 Å². The molecular weight excluding hydrogens is 398 g/mol. The van der Waals surface area contributed by atoms with Crippen molar-refractivity contribution in [1.82, 2.24) is 24.4 Å². The molecule has 1 fully saturated rings. The standard InChI is InChI=1S/C18H23N5O3S2/c1-3-13-19-17-23(20-13)16(24)15(28-17)14(12-6-5-11-27-12)21-7-9-22(10-8-21)18(25)26-4-2/h5-6,11,14,24H,3-4,7-10H2,1-2H3/t14-/m0/s1. The normalized spacial score (nSPS) is 16.6. The number of hydrogen-bond donors (Lipinski definition) is 1. The van der Waals surface area contributed by atoms with Gasteiger partial charge >= 0.3 is 6.09 Å². The molecule has 0 aliphatic carbocycles. The first-order valence-electron chi connectivity index (χ1n) is 9.38. The SMILES string of the molecule is CCOC(=O)N1CCN([C@@H](c2cccs2)c2sc3nc(CC)nn3c2O)CC1. The number of ether oxygens (including phenoxy) is 1. The largest absolute Gasteiger partial charge is 0.492 e. The van der Waals surface area contributed by atoms with Gasteiger partial charge in [0.2, 0.25) is 10.8 Å². The Morgan fingerprint density at radius 3 is 2.71 bits per heavy atom. The van der Waals surface area contributed by atoms with Gasteiger partial charge in [0, 0.05) is 37.5 Å². The van der Waals surface area contributed by atoms with Crippen molar-refractivity contribution in [2.75, 3.05) is 32.8 Å². The van der Waals surface area contributed by atoms with Crippen LogP contribution in [0.5, 0.6) is 5.88 Å². The summed E-state index contributed by atoms with van der Waals surface area (Å²) in [7, 11) is 0. The molecule has 8 nitrogen and oxygen atoms in total. The Balaban J connectivity index is 1.62. The lowest BCUT2D eigenvalue weighted by Crippen LogP contribution is -2.49. The molecule has 0 unspecified atom stereocenters. The minimum absolute atomic E-state index is 0.0806. The summed E-state index contributed by atoms with van der Waals surface area (Å²) in [5, 5.41) is 17.3. The summed E-state index contributed by atoms with van der Waals surface area (Å²) in [5.74, 6) is 0.877. The van der Waals surface area contributed by atoms with E-state index in [1.54, 1.807) is 16.2 Å². The highest BCUT2D eigenvalue weighted by molar-refractivity contribution is 7.17. The predicted molar refractivity (Wildman–Crippen MR) is 108 cm³/mol. The number of hydrogen-bond acceptors (Lipinski definition) is 8. The van der Waals surface area contributed by atoms with E-state index in [2.05, 4.69) is 21.0 Å². The molecule has 0 bridgehead atoms. The fraction of sp³-hybridized carbons (Fsp3) is 0.500. The van der Waals surface area contributed by atoms with Crippen LogP contribution in [0.4, 0.5) is 4.79 Å². The minimum Gasteiger partial charge on any atom is -0.492 e. The van der Waals surface area contributed by atoms with E-state index in [0.29, 0.717) is 37.7 Å². The third kappa shape index (κ3) is 3.47. The number of carbonyl (C=O) groups is 1. The van der Waals surface area contributed by atoms with Crippen LogP contribution in [-0.2, 0) is 11.2 Å². The molecule has 4 heterocycles. The Morgan fingerprint density at radius 2 is 2.11 bits per heavy atom. The number of amides is 1. The minimum atomic E-state index is -0.261. The van der Waals surface area contributed by atoms with E-state index in [1.807, 2.05) is 25.3 Å². The number of nitrogens with zero attached hydrogens (tertiary/aromatic N) is 5. The van der Waals surface area contributed by atoms with Gasteiger partial charge in [-0.3, -0.25) is 4.90 Å². The van der Waals surface area contributed by atoms with Crippen LogP contribution in [0, 0.1) is 0 Å². The highest BCUT2D eigenvalue weighted by Crippen LogP contribution is 2.41. The number of aromatic nitrogens is 3. The summed E-state index contributed by atoms with van der Waals surface area (Å²) in [4.78, 5) is 23.2. The van der Waals surface area contributed by atoms with E-state index in [0.717, 1.165) is 22.0 Å². The van der Waals surface area contributed by atoms with E-state index < -0.39 is 0 Å². The molecular formula is C18H23N5O3S2. The number of rotatable bonds is 5. The lowest BCUT2D eigenvalue weighted by molar-refractivity contribution is 0.0719. The van der Waals surface area contributed by atoms with Crippen molar-refractivity contribution >= 4 is 33.7 Å². The summed E-state index contributed by atoms with van der Waals surface area (Å²) in [6.45, 7) is 6.80. The molecule has 1 saturated heterocycles. The molecule has 150 valence electrons. The number of thiophene rings is 1. The number of piperazine rings is 1. The molecule has 0 saturated carbocycles. The summed E-state index contributed by atoms with van der Waals surface area (Å²) >= 11 is 3.14. The van der Waals surface area contributed by atoms with Gasteiger partial charge in [0.1, 0.15) is 0 Å². The molecule has 0 aromatic carbocycles. The van der Waals surface area contributed by atoms with Gasteiger partial charge < -0.3 is 14.7 Å². The average molecular weight is 422 g/mol. The molecule has 10 heteroatoms. The fourth-order valence-electron chi connectivity index (χ4n) is 3.42. The van der Waals surface area contributed by atoms with Crippen molar-refractivity contribution in [2.24, 2.45) is 0 Å². The van der Waals surface area contributed by atoms with Gasteiger partial charge in [-0.2, -0.15) is 4.52 Å². The Kier molecular flexibility index (Phi) is 5.51. The molecule has 3 aromatic rings. The number of aromatic hydroxyl groups is 1. The second-order valence-electron chi connectivity index (χ2n) is 6.51. The smallest absolute Gasteiger partial charge is 0.409 e. The number of thiazole rings is 1. The maximum Gasteiger partial charge on any atom is 0.409 e. The highest BCUT2D eigenvalue weighted by Gasteiger charge is 2.33. The topological polar surface area (TPSA) is 83.2 Å². The highest BCUT2D eigenvalue weighted by atomic mass is 32.1. The first-order chi connectivity index (χ1) is 13.6. The Bertz CT molecular complexity index is 944. The molecule has 1 atom stereocenters. The quantitative estimate of drug-likeness (QED) is 0.682. The summed E-state index contributed by atoms with van der Waals surface area (Å²) in [5.41, 5.74) is 0. The van der Waals surface area contributed by atoms with Crippen molar-refractivity contribution in [3.05, 3.63) is 33.1 Å². The molecule has 4 rings (SSSR count). The zero-order chi connectivity index (χ0) is 19.7. The van der Waals surface area contributed by atoms with Crippen LogP contribution in [0.3, 0.4) is 0 Å². The molecule has 28 heavy (non-hydrogen) atoms. The van der Waals surface area contributed by atoms with Crippen LogP contribution in [-0.4, -0.2) is 68.4 Å². The summed E-state index contributed by atoms with van der Waals surface area (Å²) in [6.07, 6.45) is 0.469. The van der Waals surface area contributed by atoms with Crippen LogP contribution in [0.2, 0.25) is 0 Å². The summed E-state index contributed by atoms with van der Waals surface area (Å²) in [6, 6.07) is 4.02. The molecule has 0 spiro atoms. The molecule has 3 aromatic heterocycles. The van der Waals surface area contributed by atoms with Crippen molar-refractivity contribution in [3.8, 4) is 5.88 Å². The second-order valence-corrected chi connectivity index (χ2v) is 8.49. The van der Waals surface area contributed by atoms with Crippen LogP contribution in [0.1, 0.15) is 35.5 Å². The van der Waals surface area contributed by atoms with E-state index >= 15 is 0 Å². The number of fused-ring (bicyclic) bond motifs is 1. The Morgan fingerprint density at radius 1 is 1.32 bits per heavy atom. The Labute approximate surface area is 171 Å². The number of carbonyl (C=O) groups excluding carboxylic acids is 1. The molecule has 1 N–H and O–H groups in total. The van der Waals surface area contributed by atoms with E-state index in [9.17, 15) is 9.90 Å². The molecule has 1 amide bonds. The number of aryl methyl sites for hydroxylation is 1. The van der Waals surface area contributed by atoms with Crippen molar-refractivity contribution in [1.29, 1.82) is 0 Å². The van der Waals surface area contributed by atoms with Gasteiger partial charge in [-0.25, -0.2) is 9.78 Å². The zero-order valence-corrected chi connectivity index (χ0v) is 17.5. The third-order valence-electron chi connectivity index (χ3n) is 4.83. The summed E-state index contributed by atoms with van der Waals surface area (Å²) < 4.78 is 6.65. The fourth-order valence-corrected chi connectivity index (χ4v) is 5.49. The third-order valence-corrected chi connectivity index (χ3v) is 6.82. The lowest BCUT2D eigenvalue weighted by atomic mass is 10.1. The van der Waals surface area contributed by atoms with Crippen LogP contribution < -0.4 is 0 Å². The first-order valence-corrected chi connectivity index (χ1v) is 11.1.